The third-order valence-electron chi connectivity index (χ3n) is 1.95. The van der Waals surface area contributed by atoms with E-state index in [9.17, 15) is 14.3 Å². The second kappa shape index (κ2) is 4.19. The van der Waals surface area contributed by atoms with Crippen molar-refractivity contribution < 1.29 is 19.4 Å². The van der Waals surface area contributed by atoms with Crippen LogP contribution >= 0.6 is 0 Å². The first-order valence-corrected chi connectivity index (χ1v) is 4.17. The number of hydrogen-bond donors (Lipinski definition) is 2. The van der Waals surface area contributed by atoms with Crippen LogP contribution in [-0.2, 0) is 4.79 Å². The lowest BCUT2D eigenvalue weighted by Crippen LogP contribution is -2.07. The van der Waals surface area contributed by atoms with Crippen molar-refractivity contribution in [3.8, 4) is 0 Å². The fourth-order valence-corrected chi connectivity index (χ4v) is 1.20. The van der Waals surface area contributed by atoms with E-state index in [1.807, 2.05) is 0 Å². The first kappa shape index (κ1) is 10.7. The smallest absolute Gasteiger partial charge is 0.306 e. The van der Waals surface area contributed by atoms with Crippen molar-refractivity contribution in [2.75, 3.05) is 0 Å². The molecule has 1 atom stereocenters. The van der Waals surface area contributed by atoms with Gasteiger partial charge in [0, 0.05) is 5.56 Å². The zero-order chi connectivity index (χ0) is 10.7. The van der Waals surface area contributed by atoms with Gasteiger partial charge in [-0.2, -0.15) is 0 Å². The van der Waals surface area contributed by atoms with E-state index >= 15 is 0 Å². The summed E-state index contributed by atoms with van der Waals surface area (Å²) in [6.07, 6.45) is -1.77. The van der Waals surface area contributed by atoms with Gasteiger partial charge < -0.3 is 10.2 Å². The molecule has 4 heteroatoms. The lowest BCUT2D eigenvalue weighted by atomic mass is 10.0. The third-order valence-corrected chi connectivity index (χ3v) is 1.95. The van der Waals surface area contributed by atoms with Crippen molar-refractivity contribution in [2.24, 2.45) is 0 Å². The van der Waals surface area contributed by atoms with Crippen molar-refractivity contribution >= 4 is 5.97 Å². The predicted molar refractivity (Wildman–Crippen MR) is 48.3 cm³/mol. The number of halogens is 1. The number of aliphatic carboxylic acids is 1. The number of rotatable bonds is 3. The maximum atomic E-state index is 13.3. The molecule has 3 nitrogen and oxygen atoms in total. The summed E-state index contributed by atoms with van der Waals surface area (Å²) in [5.74, 6) is -1.69. The molecule has 0 amide bonds. The van der Waals surface area contributed by atoms with E-state index in [1.54, 1.807) is 19.1 Å². The Labute approximate surface area is 80.8 Å². The van der Waals surface area contributed by atoms with E-state index in [0.717, 1.165) is 0 Å². The molecule has 0 bridgehead atoms. The van der Waals surface area contributed by atoms with Gasteiger partial charge in [-0.25, -0.2) is 4.39 Å². The van der Waals surface area contributed by atoms with E-state index in [4.69, 9.17) is 5.11 Å². The summed E-state index contributed by atoms with van der Waals surface area (Å²) in [5.41, 5.74) is 0.430. The molecule has 0 aromatic heterocycles. The summed E-state index contributed by atoms with van der Waals surface area (Å²) in [7, 11) is 0. The standard InChI is InChI=1S/C10H11FO3/c1-6-3-2-4-7(10(6)11)8(12)5-9(13)14/h2-4,8,12H,5H2,1H3,(H,13,14)/t8-/m1/s1. The molecule has 0 aliphatic heterocycles. The molecule has 0 aliphatic rings. The topological polar surface area (TPSA) is 57.5 Å². The molecule has 1 aromatic carbocycles. The highest BCUT2D eigenvalue weighted by Crippen LogP contribution is 2.21. The van der Waals surface area contributed by atoms with Gasteiger partial charge in [-0.3, -0.25) is 4.79 Å². The number of benzene rings is 1. The van der Waals surface area contributed by atoms with Gasteiger partial charge in [0.05, 0.1) is 12.5 Å². The highest BCUT2D eigenvalue weighted by molar-refractivity contribution is 5.67. The number of carbonyl (C=O) groups is 1. The fraction of sp³-hybridized carbons (Fsp3) is 0.300. The van der Waals surface area contributed by atoms with Gasteiger partial charge in [0.25, 0.3) is 0 Å². The normalized spacial score (nSPS) is 12.5. The molecule has 0 saturated heterocycles. The first-order chi connectivity index (χ1) is 6.52. The minimum atomic E-state index is -1.28. The SMILES string of the molecule is Cc1cccc([C@H](O)CC(=O)O)c1F. The Hall–Kier alpha value is -1.42. The molecule has 0 saturated carbocycles. The lowest BCUT2D eigenvalue weighted by molar-refractivity contribution is -0.139. The Morgan fingerprint density at radius 3 is 2.79 bits per heavy atom. The number of aliphatic hydroxyl groups is 1. The lowest BCUT2D eigenvalue weighted by Gasteiger charge is -2.10. The van der Waals surface area contributed by atoms with E-state index < -0.39 is 24.3 Å². The van der Waals surface area contributed by atoms with Crippen LogP contribution in [0.5, 0.6) is 0 Å². The fourth-order valence-electron chi connectivity index (χ4n) is 1.20. The van der Waals surface area contributed by atoms with Gasteiger partial charge in [0.1, 0.15) is 5.82 Å². The number of carboxylic acid groups (broad SMARTS) is 1. The minimum Gasteiger partial charge on any atom is -0.481 e. The molecule has 0 radical (unpaired) electrons. The number of carboxylic acids is 1. The van der Waals surface area contributed by atoms with Gasteiger partial charge >= 0.3 is 5.97 Å². The van der Waals surface area contributed by atoms with E-state index in [2.05, 4.69) is 0 Å². The van der Waals surface area contributed by atoms with Crippen LogP contribution in [0, 0.1) is 12.7 Å². The molecule has 0 aliphatic carbocycles. The van der Waals surface area contributed by atoms with E-state index in [0.29, 0.717) is 5.56 Å². The van der Waals surface area contributed by atoms with Gasteiger partial charge in [-0.05, 0) is 12.5 Å². The van der Waals surface area contributed by atoms with Crippen molar-refractivity contribution in [3.63, 3.8) is 0 Å². The van der Waals surface area contributed by atoms with E-state index in [1.165, 1.54) is 6.07 Å². The van der Waals surface area contributed by atoms with Crippen molar-refractivity contribution in [2.45, 2.75) is 19.4 Å². The molecular formula is C10H11FO3. The molecule has 14 heavy (non-hydrogen) atoms. The summed E-state index contributed by atoms with van der Waals surface area (Å²) >= 11 is 0. The molecular weight excluding hydrogens is 187 g/mol. The second-order valence-corrected chi connectivity index (χ2v) is 3.09. The quantitative estimate of drug-likeness (QED) is 0.776. The van der Waals surface area contributed by atoms with Crippen LogP contribution in [-0.4, -0.2) is 16.2 Å². The monoisotopic (exact) mass is 198 g/mol. The minimum absolute atomic E-state index is 0.0346. The Morgan fingerprint density at radius 1 is 1.57 bits per heavy atom. The zero-order valence-electron chi connectivity index (χ0n) is 7.70. The van der Waals surface area contributed by atoms with Gasteiger partial charge in [0.15, 0.2) is 0 Å². The second-order valence-electron chi connectivity index (χ2n) is 3.09. The third kappa shape index (κ3) is 2.29. The van der Waals surface area contributed by atoms with Crippen LogP contribution in [0.25, 0.3) is 0 Å². The zero-order valence-corrected chi connectivity index (χ0v) is 7.70. The van der Waals surface area contributed by atoms with Gasteiger partial charge in [0.2, 0.25) is 0 Å². The Bertz CT molecular complexity index is 349. The summed E-state index contributed by atoms with van der Waals surface area (Å²) in [6.45, 7) is 1.56. The Balaban J connectivity index is 2.95. The Kier molecular flexibility index (Phi) is 3.19. The molecule has 1 aromatic rings. The molecule has 0 unspecified atom stereocenters. The molecule has 1 rings (SSSR count). The van der Waals surface area contributed by atoms with Crippen molar-refractivity contribution in [1.82, 2.24) is 0 Å². The Morgan fingerprint density at radius 2 is 2.21 bits per heavy atom. The highest BCUT2D eigenvalue weighted by Gasteiger charge is 2.16. The predicted octanol–water partition coefficient (Wildman–Crippen LogP) is 1.64. The largest absolute Gasteiger partial charge is 0.481 e. The molecule has 76 valence electrons. The van der Waals surface area contributed by atoms with Crippen molar-refractivity contribution in [1.29, 1.82) is 0 Å². The van der Waals surface area contributed by atoms with Crippen LogP contribution in [0.2, 0.25) is 0 Å². The summed E-state index contributed by atoms with van der Waals surface area (Å²) in [6, 6.07) is 4.53. The van der Waals surface area contributed by atoms with Crippen molar-refractivity contribution in [3.05, 3.63) is 35.1 Å². The van der Waals surface area contributed by atoms with Gasteiger partial charge in [-0.1, -0.05) is 18.2 Å². The van der Waals surface area contributed by atoms with Crippen LogP contribution in [0.1, 0.15) is 23.7 Å². The maximum absolute atomic E-state index is 13.3. The highest BCUT2D eigenvalue weighted by atomic mass is 19.1. The van der Waals surface area contributed by atoms with Crippen LogP contribution in [0.3, 0.4) is 0 Å². The molecule has 0 fully saturated rings. The number of aliphatic hydroxyl groups excluding tert-OH is 1. The van der Waals surface area contributed by atoms with Gasteiger partial charge in [-0.15, -0.1) is 0 Å². The van der Waals surface area contributed by atoms with Crippen LogP contribution in [0.15, 0.2) is 18.2 Å². The number of aryl methyl sites for hydroxylation is 1. The average Bonchev–Trinajstić information content (AvgIpc) is 2.08. The average molecular weight is 198 g/mol. The molecule has 2 N–H and O–H groups in total. The molecule has 0 spiro atoms. The van der Waals surface area contributed by atoms with Crippen LogP contribution in [0.4, 0.5) is 4.39 Å². The number of hydrogen-bond acceptors (Lipinski definition) is 2. The summed E-state index contributed by atoms with van der Waals surface area (Å²) < 4.78 is 13.3. The first-order valence-electron chi connectivity index (χ1n) is 4.17. The molecule has 0 heterocycles. The van der Waals surface area contributed by atoms with E-state index in [-0.39, 0.29) is 5.56 Å². The summed E-state index contributed by atoms with van der Waals surface area (Å²) in [5, 5.41) is 17.8. The summed E-state index contributed by atoms with van der Waals surface area (Å²) in [4.78, 5) is 10.3. The maximum Gasteiger partial charge on any atom is 0.306 e. The van der Waals surface area contributed by atoms with Crippen LogP contribution < -0.4 is 0 Å².